The summed E-state index contributed by atoms with van der Waals surface area (Å²) in [6.07, 6.45) is -7.91. The zero-order valence-corrected chi connectivity index (χ0v) is 8.22. The Labute approximate surface area is 92.7 Å². The Hall–Kier alpha value is -1.75. The van der Waals surface area contributed by atoms with Crippen molar-refractivity contribution in [2.24, 2.45) is 5.73 Å². The fourth-order valence-electron chi connectivity index (χ4n) is 1.24. The van der Waals surface area contributed by atoms with Crippen LogP contribution < -0.4 is 5.73 Å². The van der Waals surface area contributed by atoms with Gasteiger partial charge in [0, 0.05) is 6.54 Å². The van der Waals surface area contributed by atoms with E-state index in [-0.39, 0.29) is 0 Å². The Morgan fingerprint density at radius 3 is 2.35 bits per heavy atom. The Morgan fingerprint density at radius 2 is 2.00 bits per heavy atom. The lowest BCUT2D eigenvalue weighted by Crippen LogP contribution is -2.15. The Kier molecular flexibility index (Phi) is 3.63. The van der Waals surface area contributed by atoms with Gasteiger partial charge in [0.15, 0.2) is 0 Å². The van der Waals surface area contributed by atoms with Crippen molar-refractivity contribution < 1.29 is 22.0 Å². The van der Waals surface area contributed by atoms with Crippen molar-refractivity contribution in [3.63, 3.8) is 0 Å². The first-order valence-electron chi connectivity index (χ1n) is 4.30. The fraction of sp³-hybridized carbons (Fsp3) is 0.333. The zero-order valence-electron chi connectivity index (χ0n) is 8.22. The third kappa shape index (κ3) is 2.68. The summed E-state index contributed by atoms with van der Waals surface area (Å²) in [7, 11) is 0. The first-order valence-corrected chi connectivity index (χ1v) is 4.30. The van der Waals surface area contributed by atoms with Crippen LogP contribution in [0.2, 0.25) is 0 Å². The van der Waals surface area contributed by atoms with Crippen molar-refractivity contribution >= 4 is 0 Å². The molecule has 0 saturated carbocycles. The van der Waals surface area contributed by atoms with E-state index in [1.165, 1.54) is 6.07 Å². The molecular weight excluding hydrogens is 245 g/mol. The number of hydrogen-bond donors (Lipinski definition) is 1. The molecule has 0 radical (unpaired) electrons. The lowest BCUT2D eigenvalue weighted by atomic mass is 10.1. The first kappa shape index (κ1) is 13.3. The van der Waals surface area contributed by atoms with Crippen molar-refractivity contribution in [2.45, 2.75) is 19.1 Å². The van der Waals surface area contributed by atoms with Gasteiger partial charge in [0.1, 0.15) is 5.69 Å². The molecule has 1 aromatic rings. The van der Waals surface area contributed by atoms with E-state index in [4.69, 9.17) is 11.0 Å². The summed E-state index contributed by atoms with van der Waals surface area (Å²) in [6, 6.07) is 1.58. The normalized spacial score (nSPS) is 11.6. The highest BCUT2D eigenvalue weighted by Gasteiger charge is 2.35. The summed E-state index contributed by atoms with van der Waals surface area (Å²) in [4.78, 5) is 3.01. The van der Waals surface area contributed by atoms with Crippen LogP contribution in [-0.4, -0.2) is 4.98 Å². The second-order valence-electron chi connectivity index (χ2n) is 3.03. The number of hydrogen-bond acceptors (Lipinski definition) is 3. The Morgan fingerprint density at radius 1 is 1.41 bits per heavy atom. The van der Waals surface area contributed by atoms with Gasteiger partial charge in [0.05, 0.1) is 22.9 Å². The molecule has 2 N–H and O–H groups in total. The summed E-state index contributed by atoms with van der Waals surface area (Å²) in [5.74, 6) is 0. The lowest BCUT2D eigenvalue weighted by molar-refractivity contribution is -0.141. The van der Waals surface area contributed by atoms with Crippen molar-refractivity contribution in [1.29, 1.82) is 5.26 Å². The van der Waals surface area contributed by atoms with Crippen LogP contribution in [0.15, 0.2) is 6.07 Å². The van der Waals surface area contributed by atoms with Crippen LogP contribution in [0, 0.1) is 11.3 Å². The van der Waals surface area contributed by atoms with E-state index in [0.29, 0.717) is 6.07 Å². The zero-order chi connectivity index (χ0) is 13.2. The number of pyridine rings is 1. The topological polar surface area (TPSA) is 62.7 Å². The van der Waals surface area contributed by atoms with Crippen LogP contribution in [0.1, 0.15) is 28.9 Å². The molecule has 0 spiro atoms. The van der Waals surface area contributed by atoms with E-state index < -0.39 is 41.7 Å². The Balaban J connectivity index is 3.52. The smallest absolute Gasteiger partial charge is 0.325 e. The molecule has 8 heteroatoms. The minimum absolute atomic E-state index is 0.292. The Bertz CT molecular complexity index is 461. The van der Waals surface area contributed by atoms with Crippen LogP contribution in [-0.2, 0) is 12.7 Å². The largest absolute Gasteiger partial charge is 0.433 e. The SMILES string of the molecule is N#Cc1cc(C(F)(F)F)nc(CN)c1C(F)F. The van der Waals surface area contributed by atoms with Crippen molar-refractivity contribution in [1.82, 2.24) is 4.98 Å². The standard InChI is InChI=1S/C9H6F5N3/c10-8(11)7-4(2-15)1-6(9(12,13)14)17-5(7)3-16/h1,8H,3,16H2. The predicted molar refractivity (Wildman–Crippen MR) is 46.8 cm³/mol. The van der Waals surface area contributed by atoms with Crippen LogP contribution in [0.4, 0.5) is 22.0 Å². The lowest BCUT2D eigenvalue weighted by Gasteiger charge is -2.12. The molecule has 0 fully saturated rings. The van der Waals surface area contributed by atoms with Gasteiger partial charge < -0.3 is 5.73 Å². The summed E-state index contributed by atoms with van der Waals surface area (Å²) < 4.78 is 62.2. The number of nitriles is 1. The third-order valence-corrected chi connectivity index (χ3v) is 1.96. The molecule has 0 saturated heterocycles. The first-order chi connectivity index (χ1) is 7.81. The maximum Gasteiger partial charge on any atom is 0.433 e. The van der Waals surface area contributed by atoms with Crippen LogP contribution in [0.25, 0.3) is 0 Å². The molecule has 1 heterocycles. The summed E-state index contributed by atoms with van der Waals surface area (Å²) in [5, 5.41) is 8.56. The van der Waals surface area contributed by atoms with E-state index in [1.54, 1.807) is 0 Å². The molecule has 0 aliphatic heterocycles. The molecule has 0 amide bonds. The maximum absolute atomic E-state index is 12.6. The molecule has 17 heavy (non-hydrogen) atoms. The summed E-state index contributed by atoms with van der Waals surface area (Å²) >= 11 is 0. The number of rotatable bonds is 2. The number of halogens is 5. The molecule has 0 bridgehead atoms. The molecule has 0 aliphatic rings. The highest BCUT2D eigenvalue weighted by atomic mass is 19.4. The minimum Gasteiger partial charge on any atom is -0.325 e. The molecule has 92 valence electrons. The van der Waals surface area contributed by atoms with Gasteiger partial charge in [0.2, 0.25) is 0 Å². The van der Waals surface area contributed by atoms with Gasteiger partial charge in [0.25, 0.3) is 6.43 Å². The monoisotopic (exact) mass is 251 g/mol. The number of alkyl halides is 5. The van der Waals surface area contributed by atoms with Crippen molar-refractivity contribution in [2.75, 3.05) is 0 Å². The molecule has 1 rings (SSSR count). The molecule has 0 atom stereocenters. The summed E-state index contributed by atoms with van der Waals surface area (Å²) in [5.41, 5.74) is 1.42. The third-order valence-electron chi connectivity index (χ3n) is 1.96. The van der Waals surface area contributed by atoms with Gasteiger partial charge in [-0.3, -0.25) is 0 Å². The average Bonchev–Trinajstić information content (AvgIpc) is 2.25. The highest BCUT2D eigenvalue weighted by molar-refractivity contribution is 5.42. The molecule has 1 aromatic heterocycles. The number of nitrogens with two attached hydrogens (primary N) is 1. The molecular formula is C9H6F5N3. The molecule has 3 nitrogen and oxygen atoms in total. The number of nitrogens with zero attached hydrogens (tertiary/aromatic N) is 2. The van der Waals surface area contributed by atoms with E-state index in [9.17, 15) is 22.0 Å². The van der Waals surface area contributed by atoms with E-state index in [2.05, 4.69) is 4.98 Å². The quantitative estimate of drug-likeness (QED) is 0.820. The van der Waals surface area contributed by atoms with E-state index in [0.717, 1.165) is 0 Å². The second kappa shape index (κ2) is 4.63. The van der Waals surface area contributed by atoms with Gasteiger partial charge in [-0.15, -0.1) is 0 Å². The van der Waals surface area contributed by atoms with Gasteiger partial charge in [-0.25, -0.2) is 13.8 Å². The highest BCUT2D eigenvalue weighted by Crippen LogP contribution is 2.32. The molecule has 0 aliphatic carbocycles. The minimum atomic E-state index is -4.81. The van der Waals surface area contributed by atoms with Crippen LogP contribution >= 0.6 is 0 Å². The second-order valence-corrected chi connectivity index (χ2v) is 3.03. The predicted octanol–water partition coefficient (Wildman–Crippen LogP) is 2.37. The van der Waals surface area contributed by atoms with Gasteiger partial charge in [-0.05, 0) is 6.07 Å². The molecule has 0 aromatic carbocycles. The molecule has 0 unspecified atom stereocenters. The number of aromatic nitrogens is 1. The van der Waals surface area contributed by atoms with Crippen molar-refractivity contribution in [3.05, 3.63) is 28.6 Å². The van der Waals surface area contributed by atoms with E-state index in [1.807, 2.05) is 0 Å². The van der Waals surface area contributed by atoms with Gasteiger partial charge in [-0.1, -0.05) is 0 Å². The maximum atomic E-state index is 12.6. The van der Waals surface area contributed by atoms with Crippen molar-refractivity contribution in [3.8, 4) is 6.07 Å². The van der Waals surface area contributed by atoms with Gasteiger partial charge in [-0.2, -0.15) is 18.4 Å². The van der Waals surface area contributed by atoms with Crippen LogP contribution in [0.5, 0.6) is 0 Å². The van der Waals surface area contributed by atoms with E-state index >= 15 is 0 Å². The van der Waals surface area contributed by atoms with Gasteiger partial charge >= 0.3 is 6.18 Å². The van der Waals surface area contributed by atoms with Crippen LogP contribution in [0.3, 0.4) is 0 Å². The fourth-order valence-corrected chi connectivity index (χ4v) is 1.24. The summed E-state index contributed by atoms with van der Waals surface area (Å²) in [6.45, 7) is -0.599. The average molecular weight is 251 g/mol.